The fourth-order valence-corrected chi connectivity index (χ4v) is 3.73. The van der Waals surface area contributed by atoms with Crippen molar-refractivity contribution in [2.75, 3.05) is 23.7 Å². The Morgan fingerprint density at radius 1 is 1.39 bits per heavy atom. The SMILES string of the molecule is Cc1cc(CCN)ccc1N1CCSC(C)C1C. The van der Waals surface area contributed by atoms with Gasteiger partial charge in [0.05, 0.1) is 0 Å². The zero-order valence-electron chi connectivity index (χ0n) is 11.6. The molecule has 0 amide bonds. The number of benzene rings is 1. The summed E-state index contributed by atoms with van der Waals surface area (Å²) < 4.78 is 0. The van der Waals surface area contributed by atoms with E-state index in [1.807, 2.05) is 0 Å². The molecule has 2 rings (SSSR count). The predicted molar refractivity (Wildman–Crippen MR) is 82.7 cm³/mol. The molecule has 1 saturated heterocycles. The highest BCUT2D eigenvalue weighted by atomic mass is 32.2. The number of aryl methyl sites for hydroxylation is 1. The van der Waals surface area contributed by atoms with Crippen LogP contribution in [0, 0.1) is 6.92 Å². The first-order valence-electron chi connectivity index (χ1n) is 6.81. The normalized spacial score (nSPS) is 24.3. The summed E-state index contributed by atoms with van der Waals surface area (Å²) in [6.45, 7) is 8.78. The van der Waals surface area contributed by atoms with E-state index < -0.39 is 0 Å². The lowest BCUT2D eigenvalue weighted by atomic mass is 10.0. The van der Waals surface area contributed by atoms with Crippen molar-refractivity contribution in [3.63, 3.8) is 0 Å². The number of anilines is 1. The van der Waals surface area contributed by atoms with Gasteiger partial charge in [-0.2, -0.15) is 11.8 Å². The Kier molecular flexibility index (Phi) is 4.57. The summed E-state index contributed by atoms with van der Waals surface area (Å²) in [5, 5.41) is 0.710. The van der Waals surface area contributed by atoms with E-state index in [9.17, 15) is 0 Å². The zero-order valence-corrected chi connectivity index (χ0v) is 12.5. The molecule has 0 saturated carbocycles. The average Bonchev–Trinajstić information content (AvgIpc) is 2.34. The molecule has 3 heteroatoms. The van der Waals surface area contributed by atoms with Crippen molar-refractivity contribution in [3.05, 3.63) is 29.3 Å². The molecular formula is C15H24N2S. The lowest BCUT2D eigenvalue weighted by molar-refractivity contribution is 0.626. The lowest BCUT2D eigenvalue weighted by Gasteiger charge is -2.40. The first-order chi connectivity index (χ1) is 8.63. The maximum absolute atomic E-state index is 5.62. The molecule has 1 aromatic rings. The highest BCUT2D eigenvalue weighted by Crippen LogP contribution is 2.31. The Bertz CT molecular complexity index is 405. The highest BCUT2D eigenvalue weighted by Gasteiger charge is 2.26. The summed E-state index contributed by atoms with van der Waals surface area (Å²) in [5.74, 6) is 1.23. The fourth-order valence-electron chi connectivity index (χ4n) is 2.64. The molecule has 2 atom stereocenters. The van der Waals surface area contributed by atoms with Crippen LogP contribution in [0.25, 0.3) is 0 Å². The van der Waals surface area contributed by atoms with E-state index in [1.165, 1.54) is 22.6 Å². The van der Waals surface area contributed by atoms with Gasteiger partial charge < -0.3 is 10.6 Å². The van der Waals surface area contributed by atoms with Gasteiger partial charge in [-0.05, 0) is 44.0 Å². The molecule has 2 unspecified atom stereocenters. The average molecular weight is 264 g/mol. The molecular weight excluding hydrogens is 240 g/mol. The van der Waals surface area contributed by atoms with Gasteiger partial charge in [0.1, 0.15) is 0 Å². The van der Waals surface area contributed by atoms with Gasteiger partial charge in [-0.25, -0.2) is 0 Å². The van der Waals surface area contributed by atoms with E-state index in [-0.39, 0.29) is 0 Å². The maximum atomic E-state index is 5.62. The van der Waals surface area contributed by atoms with Gasteiger partial charge in [0.25, 0.3) is 0 Å². The third-order valence-corrected chi connectivity index (χ3v) is 5.23. The molecule has 1 aliphatic heterocycles. The Morgan fingerprint density at radius 3 is 2.83 bits per heavy atom. The number of nitrogens with two attached hydrogens (primary N) is 1. The van der Waals surface area contributed by atoms with E-state index in [0.29, 0.717) is 11.3 Å². The largest absolute Gasteiger partial charge is 0.367 e. The maximum Gasteiger partial charge on any atom is 0.0399 e. The van der Waals surface area contributed by atoms with Crippen molar-refractivity contribution < 1.29 is 0 Å². The molecule has 0 bridgehead atoms. The number of thioether (sulfide) groups is 1. The molecule has 1 aliphatic rings. The summed E-state index contributed by atoms with van der Waals surface area (Å²) in [5.41, 5.74) is 9.75. The van der Waals surface area contributed by atoms with E-state index >= 15 is 0 Å². The van der Waals surface area contributed by atoms with Crippen molar-refractivity contribution >= 4 is 17.4 Å². The highest BCUT2D eigenvalue weighted by molar-refractivity contribution is 8.00. The van der Waals surface area contributed by atoms with Crippen molar-refractivity contribution in [3.8, 4) is 0 Å². The quantitative estimate of drug-likeness (QED) is 0.910. The topological polar surface area (TPSA) is 29.3 Å². The molecule has 2 N–H and O–H groups in total. The predicted octanol–water partition coefficient (Wildman–Crippen LogP) is 2.83. The van der Waals surface area contributed by atoms with Crippen molar-refractivity contribution in [1.82, 2.24) is 0 Å². The van der Waals surface area contributed by atoms with Crippen LogP contribution in [0.2, 0.25) is 0 Å². The summed E-state index contributed by atoms with van der Waals surface area (Å²) in [7, 11) is 0. The van der Waals surface area contributed by atoms with Crippen LogP contribution in [0.15, 0.2) is 18.2 Å². The van der Waals surface area contributed by atoms with Gasteiger partial charge in [-0.15, -0.1) is 0 Å². The van der Waals surface area contributed by atoms with Crippen molar-refractivity contribution in [2.24, 2.45) is 5.73 Å². The van der Waals surface area contributed by atoms with E-state index in [4.69, 9.17) is 5.73 Å². The minimum atomic E-state index is 0.614. The van der Waals surface area contributed by atoms with Crippen LogP contribution in [-0.4, -0.2) is 30.1 Å². The molecule has 0 aliphatic carbocycles. The van der Waals surface area contributed by atoms with Gasteiger partial charge in [-0.1, -0.05) is 19.1 Å². The van der Waals surface area contributed by atoms with E-state index in [2.05, 4.69) is 55.6 Å². The molecule has 1 aromatic carbocycles. The zero-order chi connectivity index (χ0) is 13.1. The van der Waals surface area contributed by atoms with E-state index in [0.717, 1.165) is 19.5 Å². The Labute approximate surface area is 115 Å². The standard InChI is InChI=1S/C15H24N2S/c1-11-10-14(6-7-16)4-5-15(11)17-8-9-18-13(3)12(17)2/h4-5,10,12-13H,6-9,16H2,1-3H3. The second-order valence-electron chi connectivity index (χ2n) is 5.17. The third-order valence-electron chi connectivity index (χ3n) is 3.89. The summed E-state index contributed by atoms with van der Waals surface area (Å²) in [6.07, 6.45) is 0.975. The first-order valence-corrected chi connectivity index (χ1v) is 7.86. The lowest BCUT2D eigenvalue weighted by Crippen LogP contribution is -2.45. The number of hydrogen-bond donors (Lipinski definition) is 1. The minimum absolute atomic E-state index is 0.614. The van der Waals surface area contributed by atoms with Crippen LogP contribution in [0.5, 0.6) is 0 Å². The number of hydrogen-bond acceptors (Lipinski definition) is 3. The van der Waals surface area contributed by atoms with Crippen LogP contribution in [0.3, 0.4) is 0 Å². The molecule has 100 valence electrons. The Balaban J connectivity index is 2.22. The number of nitrogens with zero attached hydrogens (tertiary/aromatic N) is 1. The molecule has 1 fully saturated rings. The second kappa shape index (κ2) is 5.98. The van der Waals surface area contributed by atoms with Gasteiger partial charge in [0, 0.05) is 29.3 Å². The first kappa shape index (κ1) is 13.8. The molecule has 0 aromatic heterocycles. The van der Waals surface area contributed by atoms with Gasteiger partial charge in [0.2, 0.25) is 0 Å². The molecule has 2 nitrogen and oxygen atoms in total. The van der Waals surface area contributed by atoms with E-state index in [1.54, 1.807) is 0 Å². The Morgan fingerprint density at radius 2 is 2.17 bits per heavy atom. The second-order valence-corrected chi connectivity index (χ2v) is 6.65. The van der Waals surface area contributed by atoms with Crippen molar-refractivity contribution in [1.29, 1.82) is 0 Å². The van der Waals surface area contributed by atoms with Crippen LogP contribution in [0.1, 0.15) is 25.0 Å². The van der Waals surface area contributed by atoms with Gasteiger partial charge >= 0.3 is 0 Å². The third kappa shape index (κ3) is 2.83. The smallest absolute Gasteiger partial charge is 0.0399 e. The summed E-state index contributed by atoms with van der Waals surface area (Å²) >= 11 is 2.08. The van der Waals surface area contributed by atoms with Crippen LogP contribution in [-0.2, 0) is 6.42 Å². The van der Waals surface area contributed by atoms with Crippen LogP contribution in [0.4, 0.5) is 5.69 Å². The number of rotatable bonds is 3. The fraction of sp³-hybridized carbons (Fsp3) is 0.600. The van der Waals surface area contributed by atoms with Gasteiger partial charge in [-0.3, -0.25) is 0 Å². The van der Waals surface area contributed by atoms with Crippen LogP contribution < -0.4 is 10.6 Å². The summed E-state index contributed by atoms with van der Waals surface area (Å²) in [4.78, 5) is 2.56. The molecule has 1 heterocycles. The van der Waals surface area contributed by atoms with Crippen molar-refractivity contribution in [2.45, 2.75) is 38.5 Å². The van der Waals surface area contributed by atoms with Crippen LogP contribution >= 0.6 is 11.8 Å². The van der Waals surface area contributed by atoms with Gasteiger partial charge in [0.15, 0.2) is 0 Å². The summed E-state index contributed by atoms with van der Waals surface area (Å²) in [6, 6.07) is 7.41. The minimum Gasteiger partial charge on any atom is -0.367 e. The monoisotopic (exact) mass is 264 g/mol. The molecule has 18 heavy (non-hydrogen) atoms. The Hall–Kier alpha value is -0.670. The molecule has 0 radical (unpaired) electrons. The molecule has 0 spiro atoms.